The van der Waals surface area contributed by atoms with Gasteiger partial charge in [0.15, 0.2) is 0 Å². The van der Waals surface area contributed by atoms with Crippen LogP contribution in [0.25, 0.3) is 0 Å². The van der Waals surface area contributed by atoms with E-state index in [1.165, 1.54) is 18.2 Å². The average molecular weight is 291 g/mol. The molecular formula is C14H17N3O4. The van der Waals surface area contributed by atoms with Gasteiger partial charge in [0.1, 0.15) is 11.6 Å². The third kappa shape index (κ3) is 3.57. The minimum absolute atomic E-state index is 0.0673. The monoisotopic (exact) mass is 291 g/mol. The van der Waals surface area contributed by atoms with E-state index in [0.717, 1.165) is 5.82 Å². The lowest BCUT2D eigenvalue weighted by Gasteiger charge is -2.13. The summed E-state index contributed by atoms with van der Waals surface area (Å²) in [5.41, 5.74) is 0.339. The van der Waals surface area contributed by atoms with Crippen molar-refractivity contribution in [3.63, 3.8) is 0 Å². The maximum atomic E-state index is 10.8. The van der Waals surface area contributed by atoms with Gasteiger partial charge in [-0.1, -0.05) is 0 Å². The van der Waals surface area contributed by atoms with Gasteiger partial charge in [0.05, 0.1) is 17.6 Å². The summed E-state index contributed by atoms with van der Waals surface area (Å²) in [7, 11) is 1.90. The molecule has 1 atom stereocenters. The van der Waals surface area contributed by atoms with Gasteiger partial charge in [-0.3, -0.25) is 10.1 Å². The molecule has 1 N–H and O–H groups in total. The van der Waals surface area contributed by atoms with Gasteiger partial charge in [-0.25, -0.2) is 4.98 Å². The van der Waals surface area contributed by atoms with Gasteiger partial charge >= 0.3 is 0 Å². The Balaban J connectivity index is 2.08. The fraction of sp³-hybridized carbons (Fsp3) is 0.357. The second-order valence-electron chi connectivity index (χ2n) is 4.71. The number of aromatic nitrogens is 2. The van der Waals surface area contributed by atoms with Gasteiger partial charge in [0, 0.05) is 43.6 Å². The molecule has 0 saturated heterocycles. The van der Waals surface area contributed by atoms with Crippen molar-refractivity contribution in [2.24, 2.45) is 7.05 Å². The topological polar surface area (TPSA) is 90.4 Å². The zero-order valence-corrected chi connectivity index (χ0v) is 11.9. The quantitative estimate of drug-likeness (QED) is 0.649. The number of nitro groups is 1. The Morgan fingerprint density at radius 3 is 2.86 bits per heavy atom. The number of rotatable bonds is 6. The number of non-ortho nitro benzene ring substituents is 1. The highest BCUT2D eigenvalue weighted by atomic mass is 16.6. The Hall–Kier alpha value is -2.41. The molecule has 7 nitrogen and oxygen atoms in total. The van der Waals surface area contributed by atoms with E-state index in [9.17, 15) is 15.2 Å². The van der Waals surface area contributed by atoms with Crippen LogP contribution in [-0.4, -0.2) is 26.2 Å². The lowest BCUT2D eigenvalue weighted by molar-refractivity contribution is -0.385. The van der Waals surface area contributed by atoms with Crippen LogP contribution in [0.1, 0.15) is 24.4 Å². The number of nitrogens with zero attached hydrogens (tertiary/aromatic N) is 3. The van der Waals surface area contributed by atoms with Crippen LogP contribution in [0.4, 0.5) is 5.69 Å². The van der Waals surface area contributed by atoms with Crippen molar-refractivity contribution in [3.8, 4) is 5.75 Å². The third-order valence-electron chi connectivity index (χ3n) is 3.16. The molecule has 0 bridgehead atoms. The Bertz CT molecular complexity index is 637. The van der Waals surface area contributed by atoms with Crippen LogP contribution in [0.5, 0.6) is 5.75 Å². The predicted molar refractivity (Wildman–Crippen MR) is 76.1 cm³/mol. The first kappa shape index (κ1) is 15.0. The van der Waals surface area contributed by atoms with Crippen LogP contribution < -0.4 is 4.74 Å². The molecule has 0 spiro atoms. The van der Waals surface area contributed by atoms with Crippen LogP contribution >= 0.6 is 0 Å². The number of benzene rings is 1. The number of aryl methyl sites for hydroxylation is 1. The van der Waals surface area contributed by atoms with Gasteiger partial charge in [0.2, 0.25) is 0 Å². The third-order valence-corrected chi connectivity index (χ3v) is 3.16. The molecule has 0 saturated carbocycles. The van der Waals surface area contributed by atoms with E-state index in [2.05, 4.69) is 4.98 Å². The van der Waals surface area contributed by atoms with Crippen LogP contribution in [-0.2, 0) is 13.5 Å². The molecule has 1 aromatic carbocycles. The van der Waals surface area contributed by atoms with E-state index in [1.807, 2.05) is 17.8 Å². The molecule has 0 aliphatic carbocycles. The summed E-state index contributed by atoms with van der Waals surface area (Å²) in [6, 6.07) is 4.21. The highest BCUT2D eigenvalue weighted by Gasteiger charge is 2.15. The molecule has 112 valence electrons. The fourth-order valence-corrected chi connectivity index (χ4v) is 2.00. The lowest BCUT2D eigenvalue weighted by atomic mass is 10.1. The predicted octanol–water partition coefficient (Wildman–Crippen LogP) is 2.00. The lowest BCUT2D eigenvalue weighted by Crippen LogP contribution is -2.08. The van der Waals surface area contributed by atoms with Gasteiger partial charge < -0.3 is 14.4 Å². The molecule has 21 heavy (non-hydrogen) atoms. The summed E-state index contributed by atoms with van der Waals surface area (Å²) >= 11 is 0. The first-order valence-corrected chi connectivity index (χ1v) is 6.54. The number of aliphatic hydroxyl groups is 1. The summed E-state index contributed by atoms with van der Waals surface area (Å²) in [5.74, 6) is 1.33. The van der Waals surface area contributed by atoms with E-state index >= 15 is 0 Å². The Morgan fingerprint density at radius 2 is 2.29 bits per heavy atom. The van der Waals surface area contributed by atoms with Gasteiger partial charge in [-0.15, -0.1) is 0 Å². The molecule has 1 heterocycles. The summed E-state index contributed by atoms with van der Waals surface area (Å²) in [5, 5.41) is 20.5. The maximum absolute atomic E-state index is 10.8. The summed E-state index contributed by atoms with van der Waals surface area (Å²) in [6.45, 7) is 1.92. The molecule has 0 aliphatic heterocycles. The second-order valence-corrected chi connectivity index (χ2v) is 4.71. The number of ether oxygens (including phenoxy) is 1. The van der Waals surface area contributed by atoms with Gasteiger partial charge in [-0.05, 0) is 13.0 Å². The average Bonchev–Trinajstić information content (AvgIpc) is 2.84. The molecule has 1 aromatic heterocycles. The van der Waals surface area contributed by atoms with Crippen molar-refractivity contribution >= 4 is 5.69 Å². The van der Waals surface area contributed by atoms with Crippen molar-refractivity contribution in [1.82, 2.24) is 9.55 Å². The van der Waals surface area contributed by atoms with Crippen LogP contribution in [0.3, 0.4) is 0 Å². The molecular weight excluding hydrogens is 274 g/mol. The second kappa shape index (κ2) is 6.36. The summed E-state index contributed by atoms with van der Waals surface area (Å²) in [4.78, 5) is 14.5. The normalized spacial score (nSPS) is 12.1. The smallest absolute Gasteiger partial charge is 0.270 e. The molecule has 0 fully saturated rings. The first-order valence-electron chi connectivity index (χ1n) is 6.54. The Labute approximate surface area is 122 Å². The minimum atomic E-state index is -0.840. The number of nitro benzene ring substituents is 1. The molecule has 2 aromatic rings. The first-order chi connectivity index (χ1) is 9.99. The van der Waals surface area contributed by atoms with Crippen LogP contribution in [0.15, 0.2) is 30.6 Å². The largest absolute Gasteiger partial charge is 0.493 e. The van der Waals surface area contributed by atoms with Gasteiger partial charge in [-0.2, -0.15) is 0 Å². The Kier molecular flexibility index (Phi) is 4.54. The number of hydrogen-bond acceptors (Lipinski definition) is 5. The zero-order valence-electron chi connectivity index (χ0n) is 11.9. The van der Waals surface area contributed by atoms with Crippen molar-refractivity contribution in [1.29, 1.82) is 0 Å². The molecule has 7 heteroatoms. The van der Waals surface area contributed by atoms with Crippen molar-refractivity contribution in [2.75, 3.05) is 6.61 Å². The maximum Gasteiger partial charge on any atom is 0.270 e. The fourth-order valence-electron chi connectivity index (χ4n) is 2.00. The molecule has 0 aliphatic rings. The zero-order chi connectivity index (χ0) is 15.4. The highest BCUT2D eigenvalue weighted by Crippen LogP contribution is 2.29. The van der Waals surface area contributed by atoms with E-state index in [0.29, 0.717) is 24.3 Å². The van der Waals surface area contributed by atoms with Crippen LogP contribution in [0.2, 0.25) is 0 Å². The van der Waals surface area contributed by atoms with Crippen LogP contribution in [0, 0.1) is 10.1 Å². The van der Waals surface area contributed by atoms with Crippen molar-refractivity contribution in [3.05, 3.63) is 52.1 Å². The summed E-state index contributed by atoms with van der Waals surface area (Å²) in [6.07, 6.45) is 3.33. The Morgan fingerprint density at radius 1 is 1.52 bits per heavy atom. The number of aliphatic hydroxyl groups excluding tert-OH is 1. The number of imidazole rings is 1. The van der Waals surface area contributed by atoms with E-state index < -0.39 is 11.0 Å². The van der Waals surface area contributed by atoms with E-state index in [4.69, 9.17) is 4.74 Å². The number of hydrogen-bond donors (Lipinski definition) is 1. The minimum Gasteiger partial charge on any atom is -0.493 e. The molecule has 0 unspecified atom stereocenters. The molecule has 0 radical (unpaired) electrons. The van der Waals surface area contributed by atoms with Crippen molar-refractivity contribution < 1.29 is 14.8 Å². The standard InChI is InChI=1S/C14H17N3O4/c1-10(18)12-9-11(17(19)20)3-4-13(12)21-8-5-14-15-6-7-16(14)2/h3-4,6-7,9-10,18H,5,8H2,1-2H3/t10-/m0/s1. The van der Waals surface area contributed by atoms with Crippen molar-refractivity contribution in [2.45, 2.75) is 19.4 Å². The van der Waals surface area contributed by atoms with Gasteiger partial charge in [0.25, 0.3) is 5.69 Å². The summed E-state index contributed by atoms with van der Waals surface area (Å²) < 4.78 is 7.52. The molecule has 0 amide bonds. The SMILES string of the molecule is C[C@H](O)c1cc([N+](=O)[O-])ccc1OCCc1nccn1C. The van der Waals surface area contributed by atoms with E-state index in [1.54, 1.807) is 13.1 Å². The van der Waals surface area contributed by atoms with E-state index in [-0.39, 0.29) is 5.69 Å². The molecule has 2 rings (SSSR count). The highest BCUT2D eigenvalue weighted by molar-refractivity contribution is 5.44.